The number of amides is 1. The second kappa shape index (κ2) is 8.37. The lowest BCUT2D eigenvalue weighted by molar-refractivity contribution is -0.148. The van der Waals surface area contributed by atoms with Crippen molar-refractivity contribution >= 4 is 11.9 Å². The van der Waals surface area contributed by atoms with Gasteiger partial charge in [0.25, 0.3) is 5.91 Å². The number of carbonyl (C=O) groups excluding carboxylic acids is 2. The molecular weight excluding hydrogens is 368 g/mol. The summed E-state index contributed by atoms with van der Waals surface area (Å²) in [7, 11) is 0. The molecule has 1 heterocycles. The van der Waals surface area contributed by atoms with E-state index in [4.69, 9.17) is 9.47 Å². The highest BCUT2D eigenvalue weighted by Gasteiger charge is 2.32. The highest BCUT2D eigenvalue weighted by molar-refractivity contribution is 5.99. The van der Waals surface area contributed by atoms with E-state index in [0.29, 0.717) is 29.8 Å². The standard InChI is InChI=1S/C21H21F2NO4/c1-3-27-21(26)13(2)24-9-8-15-11-16(5-6-17(15)20(24)25)28-12-14-4-7-18(22)19(23)10-14/h4-7,10-11,13H,3,8-9,12H2,1-2H3. The Morgan fingerprint density at radius 3 is 2.68 bits per heavy atom. The summed E-state index contributed by atoms with van der Waals surface area (Å²) in [5.74, 6) is -1.95. The summed E-state index contributed by atoms with van der Waals surface area (Å²) >= 11 is 0. The third-order valence-corrected chi connectivity index (χ3v) is 4.67. The van der Waals surface area contributed by atoms with Crippen LogP contribution in [0, 0.1) is 11.6 Å². The van der Waals surface area contributed by atoms with Crippen LogP contribution in [0.3, 0.4) is 0 Å². The van der Waals surface area contributed by atoms with Crippen LogP contribution in [0.4, 0.5) is 8.78 Å². The molecule has 0 saturated carbocycles. The lowest BCUT2D eigenvalue weighted by Crippen LogP contribution is -2.47. The van der Waals surface area contributed by atoms with Gasteiger partial charge in [-0.15, -0.1) is 0 Å². The van der Waals surface area contributed by atoms with E-state index in [0.717, 1.165) is 17.7 Å². The molecule has 5 nitrogen and oxygen atoms in total. The van der Waals surface area contributed by atoms with Gasteiger partial charge in [0.15, 0.2) is 11.6 Å². The number of nitrogens with zero attached hydrogens (tertiary/aromatic N) is 1. The number of fused-ring (bicyclic) bond motifs is 1. The molecule has 28 heavy (non-hydrogen) atoms. The molecule has 1 unspecified atom stereocenters. The maximum atomic E-state index is 13.3. The van der Waals surface area contributed by atoms with Gasteiger partial charge in [-0.25, -0.2) is 13.6 Å². The van der Waals surface area contributed by atoms with Gasteiger partial charge < -0.3 is 14.4 Å². The van der Waals surface area contributed by atoms with Gasteiger partial charge in [0.1, 0.15) is 18.4 Å². The summed E-state index contributed by atoms with van der Waals surface area (Å²) in [6.45, 7) is 4.12. The van der Waals surface area contributed by atoms with Crippen molar-refractivity contribution in [2.45, 2.75) is 32.9 Å². The molecule has 1 atom stereocenters. The maximum absolute atomic E-state index is 13.3. The van der Waals surface area contributed by atoms with Crippen LogP contribution in [0.25, 0.3) is 0 Å². The molecule has 0 saturated heterocycles. The lowest BCUT2D eigenvalue weighted by atomic mass is 9.97. The minimum Gasteiger partial charge on any atom is -0.489 e. The van der Waals surface area contributed by atoms with Gasteiger partial charge >= 0.3 is 5.97 Å². The van der Waals surface area contributed by atoms with Gasteiger partial charge in [-0.05, 0) is 61.7 Å². The summed E-state index contributed by atoms with van der Waals surface area (Å²) in [6.07, 6.45) is 0.577. The van der Waals surface area contributed by atoms with Crippen LogP contribution in [0.1, 0.15) is 35.3 Å². The van der Waals surface area contributed by atoms with Crippen molar-refractivity contribution in [1.29, 1.82) is 0 Å². The summed E-state index contributed by atoms with van der Waals surface area (Å²) < 4.78 is 36.9. The fourth-order valence-corrected chi connectivity index (χ4v) is 3.13. The van der Waals surface area contributed by atoms with Gasteiger partial charge in [0.05, 0.1) is 6.61 Å². The monoisotopic (exact) mass is 389 g/mol. The molecule has 0 radical (unpaired) electrons. The average Bonchev–Trinajstić information content (AvgIpc) is 2.69. The number of esters is 1. The molecule has 1 amide bonds. The molecule has 2 aromatic rings. The molecule has 0 N–H and O–H groups in total. The van der Waals surface area contributed by atoms with Crippen molar-refractivity contribution in [2.75, 3.05) is 13.2 Å². The fraction of sp³-hybridized carbons (Fsp3) is 0.333. The smallest absolute Gasteiger partial charge is 0.328 e. The van der Waals surface area contributed by atoms with Crippen molar-refractivity contribution < 1.29 is 27.8 Å². The van der Waals surface area contributed by atoms with Crippen LogP contribution in [-0.4, -0.2) is 36.0 Å². The molecule has 0 bridgehead atoms. The molecule has 0 fully saturated rings. The van der Waals surface area contributed by atoms with Crippen molar-refractivity contribution in [3.8, 4) is 5.75 Å². The van der Waals surface area contributed by atoms with Gasteiger partial charge in [0, 0.05) is 12.1 Å². The summed E-state index contributed by atoms with van der Waals surface area (Å²) in [5.41, 5.74) is 1.84. The van der Waals surface area contributed by atoms with E-state index in [9.17, 15) is 18.4 Å². The molecule has 0 aromatic heterocycles. The first-order valence-corrected chi connectivity index (χ1v) is 9.08. The number of ether oxygens (including phenoxy) is 2. The minimum atomic E-state index is -0.923. The molecule has 148 valence electrons. The van der Waals surface area contributed by atoms with Crippen LogP contribution < -0.4 is 4.74 Å². The van der Waals surface area contributed by atoms with E-state index < -0.39 is 23.6 Å². The first-order chi connectivity index (χ1) is 13.4. The van der Waals surface area contributed by atoms with Crippen LogP contribution in [0.15, 0.2) is 36.4 Å². The normalized spacial score (nSPS) is 14.4. The maximum Gasteiger partial charge on any atom is 0.328 e. The zero-order chi connectivity index (χ0) is 20.3. The van der Waals surface area contributed by atoms with Crippen LogP contribution in [-0.2, 0) is 22.6 Å². The van der Waals surface area contributed by atoms with E-state index in [1.807, 2.05) is 0 Å². The first kappa shape index (κ1) is 19.8. The van der Waals surface area contributed by atoms with Crippen LogP contribution >= 0.6 is 0 Å². The number of benzene rings is 2. The Kier molecular flexibility index (Phi) is 5.92. The Balaban J connectivity index is 1.69. The second-order valence-electron chi connectivity index (χ2n) is 6.53. The van der Waals surface area contributed by atoms with Crippen LogP contribution in [0.5, 0.6) is 5.75 Å². The zero-order valence-corrected chi connectivity index (χ0v) is 15.7. The van der Waals surface area contributed by atoms with Crippen molar-refractivity contribution in [3.05, 3.63) is 64.7 Å². The lowest BCUT2D eigenvalue weighted by Gasteiger charge is -2.32. The molecule has 0 aliphatic carbocycles. The van der Waals surface area contributed by atoms with Crippen molar-refractivity contribution in [1.82, 2.24) is 4.90 Å². The van der Waals surface area contributed by atoms with E-state index in [-0.39, 0.29) is 19.1 Å². The Morgan fingerprint density at radius 2 is 1.96 bits per heavy atom. The van der Waals surface area contributed by atoms with Gasteiger partial charge in [-0.3, -0.25) is 4.79 Å². The third kappa shape index (κ3) is 4.13. The molecule has 1 aliphatic rings. The number of hydrogen-bond donors (Lipinski definition) is 0. The summed E-state index contributed by atoms with van der Waals surface area (Å²) in [4.78, 5) is 26.2. The largest absolute Gasteiger partial charge is 0.489 e. The van der Waals surface area contributed by atoms with Gasteiger partial charge in [-0.1, -0.05) is 6.07 Å². The molecule has 3 rings (SSSR count). The van der Waals surface area contributed by atoms with Gasteiger partial charge in [0.2, 0.25) is 0 Å². The third-order valence-electron chi connectivity index (χ3n) is 4.67. The molecule has 0 spiro atoms. The molecule has 2 aromatic carbocycles. The Morgan fingerprint density at radius 1 is 1.18 bits per heavy atom. The van der Waals surface area contributed by atoms with E-state index in [2.05, 4.69) is 0 Å². The average molecular weight is 389 g/mol. The number of hydrogen-bond acceptors (Lipinski definition) is 4. The summed E-state index contributed by atoms with van der Waals surface area (Å²) in [5, 5.41) is 0. The summed E-state index contributed by atoms with van der Waals surface area (Å²) in [6, 6.07) is 8.02. The van der Waals surface area contributed by atoms with Gasteiger partial charge in [-0.2, -0.15) is 0 Å². The number of rotatable bonds is 6. The fourth-order valence-electron chi connectivity index (χ4n) is 3.13. The SMILES string of the molecule is CCOC(=O)C(C)N1CCc2cc(OCc3ccc(F)c(F)c3)ccc2C1=O. The number of carbonyl (C=O) groups is 2. The minimum absolute atomic E-state index is 0.0793. The highest BCUT2D eigenvalue weighted by Crippen LogP contribution is 2.26. The van der Waals surface area contributed by atoms with E-state index in [1.165, 1.54) is 11.0 Å². The molecule has 7 heteroatoms. The van der Waals surface area contributed by atoms with E-state index >= 15 is 0 Å². The predicted octanol–water partition coefficient (Wildman–Crippen LogP) is 3.49. The predicted molar refractivity (Wildman–Crippen MR) is 98.0 cm³/mol. The number of halogens is 2. The topological polar surface area (TPSA) is 55.8 Å². The quantitative estimate of drug-likeness (QED) is 0.710. The van der Waals surface area contributed by atoms with Crippen molar-refractivity contribution in [3.63, 3.8) is 0 Å². The second-order valence-corrected chi connectivity index (χ2v) is 6.53. The first-order valence-electron chi connectivity index (χ1n) is 9.08. The van der Waals surface area contributed by atoms with Crippen LogP contribution in [0.2, 0.25) is 0 Å². The Labute approximate surface area is 161 Å². The highest BCUT2D eigenvalue weighted by atomic mass is 19.2. The zero-order valence-electron chi connectivity index (χ0n) is 15.7. The Hall–Kier alpha value is -2.96. The Bertz CT molecular complexity index is 900. The molecule has 1 aliphatic heterocycles. The van der Waals surface area contributed by atoms with E-state index in [1.54, 1.807) is 32.0 Å². The van der Waals surface area contributed by atoms with Crippen molar-refractivity contribution in [2.24, 2.45) is 0 Å². The molecular formula is C21H21F2NO4.